The average molecular weight is 337 g/mol. The zero-order valence-corrected chi connectivity index (χ0v) is 14.6. The molecule has 1 aromatic rings. The quantitative estimate of drug-likeness (QED) is 0.793. The Labute approximate surface area is 141 Å². The number of aromatic nitrogens is 1. The molecule has 0 spiro atoms. The minimum atomic E-state index is -0.415. The maximum atomic E-state index is 12.9. The summed E-state index contributed by atoms with van der Waals surface area (Å²) in [6, 6.07) is 2.99. The predicted octanol–water partition coefficient (Wildman–Crippen LogP) is 1.86. The van der Waals surface area contributed by atoms with Crippen LogP contribution < -0.4 is 4.74 Å². The van der Waals surface area contributed by atoms with Crippen LogP contribution in [0.25, 0.3) is 0 Å². The molecule has 0 aliphatic carbocycles. The van der Waals surface area contributed by atoms with Crippen molar-refractivity contribution in [2.24, 2.45) is 0 Å². The molecule has 0 N–H and O–H groups in total. The second-order valence-electron chi connectivity index (χ2n) is 5.09. The second kappa shape index (κ2) is 8.19. The first-order chi connectivity index (χ1) is 11.1. The van der Waals surface area contributed by atoms with E-state index in [2.05, 4.69) is 4.98 Å². The molecule has 2 heterocycles. The minimum absolute atomic E-state index is 0.00944. The standard InChI is InChI=1S/C16H23N3O3S/c1-4-18(5-2)16(21)13-10-23-11-19(13)15(20)12-8-7-9-17-14(12)22-6-3/h7-9,13H,4-6,10-11H2,1-3H3/t13-/m1/s1. The highest BCUT2D eigenvalue weighted by molar-refractivity contribution is 7.99. The van der Waals surface area contributed by atoms with E-state index >= 15 is 0 Å². The molecule has 0 radical (unpaired) electrons. The van der Waals surface area contributed by atoms with Gasteiger partial charge in [0.15, 0.2) is 0 Å². The Bertz CT molecular complexity index is 563. The van der Waals surface area contributed by atoms with Crippen molar-refractivity contribution in [2.45, 2.75) is 26.8 Å². The van der Waals surface area contributed by atoms with Crippen molar-refractivity contribution in [3.8, 4) is 5.88 Å². The van der Waals surface area contributed by atoms with Gasteiger partial charge < -0.3 is 14.5 Å². The van der Waals surface area contributed by atoms with Crippen molar-refractivity contribution < 1.29 is 14.3 Å². The zero-order valence-electron chi connectivity index (χ0n) is 13.8. The Hall–Kier alpha value is -1.76. The van der Waals surface area contributed by atoms with Crippen LogP contribution in [0.3, 0.4) is 0 Å². The summed E-state index contributed by atoms with van der Waals surface area (Å²) in [6.45, 7) is 7.48. The summed E-state index contributed by atoms with van der Waals surface area (Å²) in [7, 11) is 0. The summed E-state index contributed by atoms with van der Waals surface area (Å²) in [5.41, 5.74) is 0.411. The topological polar surface area (TPSA) is 62.7 Å². The van der Waals surface area contributed by atoms with Gasteiger partial charge in [0.1, 0.15) is 11.6 Å². The molecule has 1 fully saturated rings. The Morgan fingerprint density at radius 3 is 2.78 bits per heavy atom. The van der Waals surface area contributed by atoms with E-state index < -0.39 is 6.04 Å². The summed E-state index contributed by atoms with van der Waals surface area (Å²) in [6.07, 6.45) is 1.60. The number of hydrogen-bond acceptors (Lipinski definition) is 5. The lowest BCUT2D eigenvalue weighted by molar-refractivity contribution is -0.134. The largest absolute Gasteiger partial charge is 0.477 e. The Morgan fingerprint density at radius 1 is 1.39 bits per heavy atom. The third kappa shape index (κ3) is 3.77. The molecule has 126 valence electrons. The summed E-state index contributed by atoms with van der Waals surface area (Å²) >= 11 is 1.60. The lowest BCUT2D eigenvalue weighted by Crippen LogP contribution is -2.49. The van der Waals surface area contributed by atoms with Crippen LogP contribution in [0.15, 0.2) is 18.3 Å². The molecule has 2 rings (SSSR count). The molecule has 0 unspecified atom stereocenters. The Morgan fingerprint density at radius 2 is 2.13 bits per heavy atom. The fourth-order valence-electron chi connectivity index (χ4n) is 2.55. The van der Waals surface area contributed by atoms with E-state index in [1.165, 1.54) is 0 Å². The van der Waals surface area contributed by atoms with Crippen LogP contribution in [0, 0.1) is 0 Å². The molecule has 2 amide bonds. The van der Waals surface area contributed by atoms with E-state index in [-0.39, 0.29) is 11.8 Å². The molecule has 0 saturated carbocycles. The number of pyridine rings is 1. The lowest BCUT2D eigenvalue weighted by Gasteiger charge is -2.28. The fraction of sp³-hybridized carbons (Fsp3) is 0.562. The fourth-order valence-corrected chi connectivity index (χ4v) is 3.70. The third-order valence-corrected chi connectivity index (χ3v) is 4.80. The highest BCUT2D eigenvalue weighted by atomic mass is 32.2. The lowest BCUT2D eigenvalue weighted by atomic mass is 10.2. The first-order valence-corrected chi connectivity index (χ1v) is 9.04. The van der Waals surface area contributed by atoms with Gasteiger partial charge in [0.25, 0.3) is 5.91 Å². The number of carbonyl (C=O) groups excluding carboxylic acids is 2. The van der Waals surface area contributed by atoms with Crippen molar-refractivity contribution in [1.29, 1.82) is 0 Å². The van der Waals surface area contributed by atoms with Gasteiger partial charge in [0.05, 0.1) is 12.5 Å². The molecule has 1 saturated heterocycles. The number of likely N-dealkylation sites (N-methyl/N-ethyl adjacent to an activating group) is 1. The molecule has 1 aromatic heterocycles. The first-order valence-electron chi connectivity index (χ1n) is 7.89. The molecule has 0 aromatic carbocycles. The minimum Gasteiger partial charge on any atom is -0.477 e. The summed E-state index contributed by atoms with van der Waals surface area (Å²) in [5, 5.41) is 0. The van der Waals surface area contributed by atoms with Gasteiger partial charge in [-0.2, -0.15) is 0 Å². The van der Waals surface area contributed by atoms with Crippen molar-refractivity contribution in [1.82, 2.24) is 14.8 Å². The van der Waals surface area contributed by atoms with Gasteiger partial charge in [0.2, 0.25) is 11.8 Å². The van der Waals surface area contributed by atoms with Gasteiger partial charge in [-0.3, -0.25) is 9.59 Å². The van der Waals surface area contributed by atoms with E-state index in [0.29, 0.717) is 42.8 Å². The average Bonchev–Trinajstić information content (AvgIpc) is 3.05. The van der Waals surface area contributed by atoms with Crippen LogP contribution in [0.1, 0.15) is 31.1 Å². The number of amides is 2. The van der Waals surface area contributed by atoms with Crippen LogP contribution in [0.4, 0.5) is 0 Å². The van der Waals surface area contributed by atoms with E-state index in [1.807, 2.05) is 20.8 Å². The van der Waals surface area contributed by atoms with E-state index in [9.17, 15) is 9.59 Å². The van der Waals surface area contributed by atoms with Gasteiger partial charge in [-0.05, 0) is 32.9 Å². The molecular formula is C16H23N3O3S. The van der Waals surface area contributed by atoms with Crippen molar-refractivity contribution in [3.05, 3.63) is 23.9 Å². The highest BCUT2D eigenvalue weighted by Gasteiger charge is 2.37. The van der Waals surface area contributed by atoms with Crippen molar-refractivity contribution in [2.75, 3.05) is 31.3 Å². The molecule has 1 atom stereocenters. The number of ether oxygens (including phenoxy) is 1. The van der Waals surface area contributed by atoms with Crippen molar-refractivity contribution >= 4 is 23.6 Å². The predicted molar refractivity (Wildman–Crippen MR) is 90.6 cm³/mol. The molecule has 1 aliphatic rings. The first kappa shape index (κ1) is 17.6. The van der Waals surface area contributed by atoms with Crippen LogP contribution >= 0.6 is 11.8 Å². The maximum absolute atomic E-state index is 12.9. The van der Waals surface area contributed by atoms with Gasteiger partial charge in [-0.25, -0.2) is 4.98 Å². The highest BCUT2D eigenvalue weighted by Crippen LogP contribution is 2.27. The van der Waals surface area contributed by atoms with Crippen molar-refractivity contribution in [3.63, 3.8) is 0 Å². The summed E-state index contributed by atoms with van der Waals surface area (Å²) < 4.78 is 5.44. The number of hydrogen-bond donors (Lipinski definition) is 0. The number of carbonyl (C=O) groups is 2. The number of nitrogens with zero attached hydrogens (tertiary/aromatic N) is 3. The molecule has 0 bridgehead atoms. The van der Waals surface area contributed by atoms with Crippen LogP contribution in [-0.2, 0) is 4.79 Å². The van der Waals surface area contributed by atoms with Crippen LogP contribution in [0.5, 0.6) is 5.88 Å². The molecule has 7 heteroatoms. The monoisotopic (exact) mass is 337 g/mol. The van der Waals surface area contributed by atoms with E-state index in [4.69, 9.17) is 4.74 Å². The van der Waals surface area contributed by atoms with Crippen LogP contribution in [-0.4, -0.2) is 64.0 Å². The summed E-state index contributed by atoms with van der Waals surface area (Å²) in [4.78, 5) is 33.0. The Kier molecular flexibility index (Phi) is 6.27. The maximum Gasteiger partial charge on any atom is 0.260 e. The number of thioether (sulfide) groups is 1. The van der Waals surface area contributed by atoms with Gasteiger partial charge in [0, 0.05) is 25.0 Å². The molecule has 23 heavy (non-hydrogen) atoms. The van der Waals surface area contributed by atoms with E-state index in [1.54, 1.807) is 39.9 Å². The van der Waals surface area contributed by atoms with Crippen LogP contribution in [0.2, 0.25) is 0 Å². The zero-order chi connectivity index (χ0) is 16.8. The van der Waals surface area contributed by atoms with Gasteiger partial charge in [-0.15, -0.1) is 11.8 Å². The Balaban J connectivity index is 2.23. The molecule has 6 nitrogen and oxygen atoms in total. The van der Waals surface area contributed by atoms with Gasteiger partial charge in [-0.1, -0.05) is 0 Å². The normalized spacial score (nSPS) is 17.2. The summed E-state index contributed by atoms with van der Waals surface area (Å²) in [5.74, 6) is 1.28. The van der Waals surface area contributed by atoms with Gasteiger partial charge >= 0.3 is 0 Å². The molecule has 1 aliphatic heterocycles. The smallest absolute Gasteiger partial charge is 0.260 e. The SMILES string of the molecule is CCOc1ncccc1C(=O)N1CSC[C@@H]1C(=O)N(CC)CC. The third-order valence-electron chi connectivity index (χ3n) is 3.79. The second-order valence-corrected chi connectivity index (χ2v) is 6.09. The van der Waals surface area contributed by atoms with E-state index in [0.717, 1.165) is 0 Å². The number of rotatable bonds is 6. The molecular weight excluding hydrogens is 314 g/mol.